The van der Waals surface area contributed by atoms with Gasteiger partial charge in [0.2, 0.25) is 0 Å². The molecule has 0 amide bonds. The lowest BCUT2D eigenvalue weighted by molar-refractivity contribution is -0.159. The molecule has 1 aromatic heterocycles. The average molecular weight is 371 g/mol. The van der Waals surface area contributed by atoms with Crippen LogP contribution in [0.3, 0.4) is 0 Å². The predicted molar refractivity (Wildman–Crippen MR) is 103 cm³/mol. The van der Waals surface area contributed by atoms with Gasteiger partial charge in [-0.15, -0.1) is 0 Å². The van der Waals surface area contributed by atoms with Crippen LogP contribution in [-0.4, -0.2) is 37.7 Å². The summed E-state index contributed by atoms with van der Waals surface area (Å²) in [6.45, 7) is 5.08. The van der Waals surface area contributed by atoms with Crippen molar-refractivity contribution in [3.05, 3.63) is 59.5 Å². The summed E-state index contributed by atoms with van der Waals surface area (Å²) in [5, 5.41) is 0. The Morgan fingerprint density at radius 3 is 2.70 bits per heavy atom. The Labute approximate surface area is 161 Å². The van der Waals surface area contributed by atoms with Crippen molar-refractivity contribution in [3.63, 3.8) is 0 Å². The summed E-state index contributed by atoms with van der Waals surface area (Å²) in [6.07, 6.45) is 2.53. The van der Waals surface area contributed by atoms with E-state index in [0.717, 1.165) is 30.9 Å². The number of furan rings is 1. The second kappa shape index (κ2) is 9.20. The van der Waals surface area contributed by atoms with Crippen LogP contribution in [-0.2, 0) is 33.8 Å². The highest BCUT2D eigenvalue weighted by molar-refractivity contribution is 5.77. The number of methoxy groups -OCH3 is 1. The molecule has 0 radical (unpaired) electrons. The van der Waals surface area contributed by atoms with E-state index in [2.05, 4.69) is 17.0 Å². The number of nitrogens with zero attached hydrogens (tertiary/aromatic N) is 1. The van der Waals surface area contributed by atoms with E-state index in [1.54, 1.807) is 7.11 Å². The summed E-state index contributed by atoms with van der Waals surface area (Å²) in [6, 6.07) is 14.2. The molecule has 5 heteroatoms. The van der Waals surface area contributed by atoms with Crippen LogP contribution < -0.4 is 0 Å². The summed E-state index contributed by atoms with van der Waals surface area (Å²) in [5.74, 6) is 1.64. The molecule has 27 heavy (non-hydrogen) atoms. The molecular formula is C22H29NO4. The van der Waals surface area contributed by atoms with Crippen LogP contribution in [0.4, 0.5) is 0 Å². The number of hydrogen-bond donors (Lipinski definition) is 0. The van der Waals surface area contributed by atoms with Crippen LogP contribution in [0.25, 0.3) is 0 Å². The van der Waals surface area contributed by atoms with Gasteiger partial charge in [-0.3, -0.25) is 9.69 Å². The molecule has 0 N–H and O–H groups in total. The molecule has 0 aliphatic carbocycles. The van der Waals surface area contributed by atoms with Gasteiger partial charge >= 0.3 is 5.97 Å². The lowest BCUT2D eigenvalue weighted by atomic mass is 9.75. The van der Waals surface area contributed by atoms with E-state index in [1.165, 1.54) is 5.56 Å². The number of rotatable bonds is 8. The minimum absolute atomic E-state index is 0.0851. The van der Waals surface area contributed by atoms with Crippen molar-refractivity contribution in [2.24, 2.45) is 5.41 Å². The molecule has 1 aromatic carbocycles. The lowest BCUT2D eigenvalue weighted by Gasteiger charge is -2.40. The Morgan fingerprint density at radius 2 is 1.96 bits per heavy atom. The van der Waals surface area contributed by atoms with E-state index in [-0.39, 0.29) is 5.97 Å². The number of likely N-dealkylation sites (tertiary alicyclic amines) is 1. The van der Waals surface area contributed by atoms with Crippen molar-refractivity contribution < 1.29 is 18.7 Å². The van der Waals surface area contributed by atoms with Gasteiger partial charge in [0.1, 0.15) is 18.1 Å². The smallest absolute Gasteiger partial charge is 0.313 e. The number of carbonyl (C=O) groups is 1. The predicted octanol–water partition coefficient (Wildman–Crippen LogP) is 3.81. The fourth-order valence-electron chi connectivity index (χ4n) is 3.96. The van der Waals surface area contributed by atoms with Crippen molar-refractivity contribution in [3.8, 4) is 0 Å². The number of ether oxygens (including phenoxy) is 2. The Hall–Kier alpha value is -2.11. The SMILES string of the molecule is CCOC(=O)C1(Cc2ccccc2)CCCN(Cc2ccc(COC)o2)C1. The van der Waals surface area contributed by atoms with Gasteiger partial charge in [-0.2, -0.15) is 0 Å². The van der Waals surface area contributed by atoms with E-state index >= 15 is 0 Å². The minimum Gasteiger partial charge on any atom is -0.466 e. The normalized spacial score (nSPS) is 20.5. The maximum absolute atomic E-state index is 12.9. The molecule has 0 saturated carbocycles. The van der Waals surface area contributed by atoms with E-state index in [0.29, 0.717) is 32.7 Å². The first kappa shape index (κ1) is 19.6. The van der Waals surface area contributed by atoms with Gasteiger partial charge in [0.25, 0.3) is 0 Å². The largest absolute Gasteiger partial charge is 0.466 e. The molecule has 1 atom stereocenters. The highest BCUT2D eigenvalue weighted by Crippen LogP contribution is 2.36. The molecule has 1 aliphatic rings. The molecule has 1 fully saturated rings. The first-order valence-electron chi connectivity index (χ1n) is 9.65. The van der Waals surface area contributed by atoms with E-state index in [9.17, 15) is 4.79 Å². The van der Waals surface area contributed by atoms with E-state index in [1.807, 2.05) is 37.3 Å². The molecule has 1 aliphatic heterocycles. The summed E-state index contributed by atoms with van der Waals surface area (Å²) in [7, 11) is 1.66. The fraction of sp³-hybridized carbons (Fsp3) is 0.500. The standard InChI is InChI=1S/C22H29NO4/c1-3-26-21(24)22(14-18-8-5-4-6-9-18)12-7-13-23(17-22)15-19-10-11-20(27-19)16-25-2/h4-6,8-11H,3,7,12-17H2,1-2H3. The third-order valence-corrected chi connectivity index (χ3v) is 5.13. The molecule has 2 aromatic rings. The van der Waals surface area contributed by atoms with Gasteiger partial charge in [-0.1, -0.05) is 30.3 Å². The number of piperidine rings is 1. The molecule has 3 rings (SSSR count). The molecule has 0 bridgehead atoms. The van der Waals surface area contributed by atoms with Crippen molar-refractivity contribution in [2.45, 2.75) is 39.3 Å². The van der Waals surface area contributed by atoms with Gasteiger partial charge in [0, 0.05) is 13.7 Å². The highest BCUT2D eigenvalue weighted by atomic mass is 16.5. The van der Waals surface area contributed by atoms with Gasteiger partial charge in [-0.05, 0) is 50.4 Å². The fourth-order valence-corrected chi connectivity index (χ4v) is 3.96. The molecule has 5 nitrogen and oxygen atoms in total. The summed E-state index contributed by atoms with van der Waals surface area (Å²) < 4.78 is 16.4. The van der Waals surface area contributed by atoms with Crippen molar-refractivity contribution in [2.75, 3.05) is 26.8 Å². The van der Waals surface area contributed by atoms with Crippen LogP contribution in [0.15, 0.2) is 46.9 Å². The monoisotopic (exact) mass is 371 g/mol. The van der Waals surface area contributed by atoms with Crippen molar-refractivity contribution in [1.29, 1.82) is 0 Å². The highest BCUT2D eigenvalue weighted by Gasteiger charge is 2.43. The molecular weight excluding hydrogens is 342 g/mol. The first-order chi connectivity index (χ1) is 13.1. The second-order valence-electron chi connectivity index (χ2n) is 7.28. The van der Waals surface area contributed by atoms with Crippen LogP contribution in [0.1, 0.15) is 36.8 Å². The maximum atomic E-state index is 12.9. The third-order valence-electron chi connectivity index (χ3n) is 5.13. The summed E-state index contributed by atoms with van der Waals surface area (Å²) in [4.78, 5) is 15.2. The Bertz CT molecular complexity index is 727. The van der Waals surface area contributed by atoms with Crippen LogP contribution in [0.5, 0.6) is 0 Å². The molecule has 0 spiro atoms. The van der Waals surface area contributed by atoms with Crippen molar-refractivity contribution >= 4 is 5.97 Å². The van der Waals surface area contributed by atoms with Gasteiger partial charge < -0.3 is 13.9 Å². The van der Waals surface area contributed by atoms with Crippen LogP contribution in [0.2, 0.25) is 0 Å². The number of esters is 1. The summed E-state index contributed by atoms with van der Waals surface area (Å²) in [5.41, 5.74) is 0.671. The Kier molecular flexibility index (Phi) is 6.69. The minimum atomic E-state index is -0.502. The molecule has 1 saturated heterocycles. The molecule has 2 heterocycles. The van der Waals surface area contributed by atoms with Gasteiger partial charge in [0.15, 0.2) is 0 Å². The second-order valence-corrected chi connectivity index (χ2v) is 7.28. The summed E-state index contributed by atoms with van der Waals surface area (Å²) >= 11 is 0. The number of benzene rings is 1. The van der Waals surface area contributed by atoms with Crippen LogP contribution >= 0.6 is 0 Å². The lowest BCUT2D eigenvalue weighted by Crippen LogP contribution is -2.49. The zero-order valence-electron chi connectivity index (χ0n) is 16.3. The zero-order valence-corrected chi connectivity index (χ0v) is 16.3. The van der Waals surface area contributed by atoms with Crippen LogP contribution in [0, 0.1) is 5.41 Å². The third kappa shape index (κ3) is 4.99. The Balaban J connectivity index is 1.75. The van der Waals surface area contributed by atoms with E-state index in [4.69, 9.17) is 13.9 Å². The number of carbonyl (C=O) groups excluding carboxylic acids is 1. The number of hydrogen-bond acceptors (Lipinski definition) is 5. The molecule has 1 unspecified atom stereocenters. The first-order valence-corrected chi connectivity index (χ1v) is 9.65. The Morgan fingerprint density at radius 1 is 1.19 bits per heavy atom. The van der Waals surface area contributed by atoms with Gasteiger partial charge in [-0.25, -0.2) is 0 Å². The van der Waals surface area contributed by atoms with Gasteiger partial charge in [0.05, 0.1) is 18.6 Å². The zero-order chi connectivity index (χ0) is 19.1. The maximum Gasteiger partial charge on any atom is 0.313 e. The quantitative estimate of drug-likeness (QED) is 0.661. The average Bonchev–Trinajstić information content (AvgIpc) is 3.10. The topological polar surface area (TPSA) is 51.9 Å². The molecule has 146 valence electrons. The van der Waals surface area contributed by atoms with E-state index < -0.39 is 5.41 Å². The van der Waals surface area contributed by atoms with Crippen molar-refractivity contribution in [1.82, 2.24) is 4.90 Å².